The molecule has 0 saturated carbocycles. The minimum Gasteiger partial charge on any atom is -0.479 e. The number of hydrogen-bond acceptors (Lipinski definition) is 6. The summed E-state index contributed by atoms with van der Waals surface area (Å²) in [5.41, 5.74) is 0. The Balaban J connectivity index is 4.21. The van der Waals surface area contributed by atoms with Gasteiger partial charge in [0.1, 0.15) is 8.46 Å². The van der Waals surface area contributed by atoms with E-state index in [9.17, 15) is 14.5 Å². The number of rotatable bonds is 30. The molecule has 4 unspecified atom stereocenters. The molecular weight excluding hydrogens is 519 g/mol. The van der Waals surface area contributed by atoms with Crippen molar-refractivity contribution in [1.82, 2.24) is 0 Å². The van der Waals surface area contributed by atoms with E-state index in [2.05, 4.69) is 32.5 Å². The summed E-state index contributed by atoms with van der Waals surface area (Å²) in [7, 11) is -1.87. The van der Waals surface area contributed by atoms with Crippen LogP contribution in [0.25, 0.3) is 0 Å². The van der Waals surface area contributed by atoms with E-state index in [0.29, 0.717) is 18.3 Å². The zero-order valence-corrected chi connectivity index (χ0v) is 26.9. The van der Waals surface area contributed by atoms with Crippen molar-refractivity contribution in [3.63, 3.8) is 0 Å². The molecular formula is C30H61O6PS. The number of aliphatic carboxylic acids is 1. The molecule has 0 aromatic rings. The highest BCUT2D eigenvalue weighted by molar-refractivity contribution is 7.99. The van der Waals surface area contributed by atoms with Crippen LogP contribution in [-0.2, 0) is 18.8 Å². The van der Waals surface area contributed by atoms with Crippen molar-refractivity contribution in [2.75, 3.05) is 25.6 Å². The van der Waals surface area contributed by atoms with E-state index < -0.39 is 26.4 Å². The molecule has 0 aromatic carbocycles. The standard InChI is InChI=1S/C30H61O6PS/c1-4-6-8-10-12-13-14-16-18-20-25-38-28(22-19-17-15-11-9-7-5-2)27(3)36-24-21-23-35-26-30(33,37-34)29(31)32/h27-28,33H,4-26,37H2,1-3H3,(H,31,32). The molecule has 0 spiro atoms. The zero-order chi connectivity index (χ0) is 28.3. The van der Waals surface area contributed by atoms with Gasteiger partial charge < -0.3 is 24.3 Å². The lowest BCUT2D eigenvalue weighted by Gasteiger charge is -2.24. The fourth-order valence-corrected chi connectivity index (χ4v) is 6.14. The lowest BCUT2D eigenvalue weighted by Crippen LogP contribution is -2.37. The Kier molecular flexibility index (Phi) is 27.1. The lowest BCUT2D eigenvalue weighted by atomic mass is 10.1. The van der Waals surface area contributed by atoms with Crippen LogP contribution in [0.5, 0.6) is 0 Å². The first-order chi connectivity index (χ1) is 18.4. The van der Waals surface area contributed by atoms with Crippen molar-refractivity contribution in [1.29, 1.82) is 0 Å². The van der Waals surface area contributed by atoms with Crippen LogP contribution in [0.15, 0.2) is 0 Å². The predicted molar refractivity (Wildman–Crippen MR) is 165 cm³/mol. The molecule has 0 saturated heterocycles. The largest absolute Gasteiger partial charge is 0.479 e. The average Bonchev–Trinajstić information content (AvgIpc) is 2.91. The third kappa shape index (κ3) is 21.7. The first kappa shape index (κ1) is 37.9. The monoisotopic (exact) mass is 580 g/mol. The van der Waals surface area contributed by atoms with Crippen molar-refractivity contribution >= 4 is 26.2 Å². The summed E-state index contributed by atoms with van der Waals surface area (Å²) in [5, 5.41) is 16.9. The van der Waals surface area contributed by atoms with E-state index in [4.69, 9.17) is 14.6 Å². The Morgan fingerprint density at radius 2 is 1.29 bits per heavy atom. The molecule has 0 aliphatic carbocycles. The molecule has 6 nitrogen and oxygen atoms in total. The molecule has 4 atom stereocenters. The molecule has 38 heavy (non-hydrogen) atoms. The van der Waals surface area contributed by atoms with E-state index in [1.165, 1.54) is 121 Å². The number of ether oxygens (including phenoxy) is 2. The van der Waals surface area contributed by atoms with Crippen LogP contribution in [0.4, 0.5) is 0 Å². The van der Waals surface area contributed by atoms with Crippen LogP contribution in [0.1, 0.15) is 143 Å². The second kappa shape index (κ2) is 27.1. The molecule has 2 N–H and O–H groups in total. The van der Waals surface area contributed by atoms with E-state index in [1.807, 2.05) is 0 Å². The van der Waals surface area contributed by atoms with Crippen molar-refractivity contribution in [2.24, 2.45) is 0 Å². The molecule has 0 heterocycles. The van der Waals surface area contributed by atoms with Gasteiger partial charge in [0.25, 0.3) is 0 Å². The number of carboxylic acid groups (broad SMARTS) is 1. The molecule has 0 bridgehead atoms. The van der Waals surface area contributed by atoms with Gasteiger partial charge in [-0.2, -0.15) is 11.8 Å². The zero-order valence-electron chi connectivity index (χ0n) is 24.9. The van der Waals surface area contributed by atoms with E-state index in [0.717, 1.165) is 0 Å². The summed E-state index contributed by atoms with van der Waals surface area (Å²) in [6.45, 7) is 7.05. The molecule has 0 amide bonds. The van der Waals surface area contributed by atoms with Gasteiger partial charge in [0, 0.05) is 18.5 Å². The van der Waals surface area contributed by atoms with E-state index in [-0.39, 0.29) is 12.7 Å². The van der Waals surface area contributed by atoms with Crippen molar-refractivity contribution in [3.8, 4) is 0 Å². The van der Waals surface area contributed by atoms with Gasteiger partial charge >= 0.3 is 5.97 Å². The summed E-state index contributed by atoms with van der Waals surface area (Å²) in [4.78, 5) is 11.0. The topological polar surface area (TPSA) is 93.1 Å². The van der Waals surface area contributed by atoms with Gasteiger partial charge in [-0.25, -0.2) is 4.79 Å². The number of unbranched alkanes of at least 4 members (excludes halogenated alkanes) is 15. The molecule has 0 aromatic heterocycles. The van der Waals surface area contributed by atoms with Gasteiger partial charge in [0.15, 0.2) is 0 Å². The van der Waals surface area contributed by atoms with Crippen LogP contribution in [0, 0.1) is 0 Å². The van der Waals surface area contributed by atoms with E-state index >= 15 is 0 Å². The van der Waals surface area contributed by atoms with E-state index in [1.54, 1.807) is 0 Å². The predicted octanol–water partition coefficient (Wildman–Crippen LogP) is 8.49. The molecule has 0 radical (unpaired) electrons. The Hall–Kier alpha value is -0.0700. The van der Waals surface area contributed by atoms with Crippen LogP contribution in [0.3, 0.4) is 0 Å². The SMILES string of the molecule is CCCCCCCCCCCCSC(CCCCCCCCC)C(C)OCCCOCC(O)([PH2]=O)C(=O)O. The molecule has 0 rings (SSSR count). The van der Waals surface area contributed by atoms with Gasteiger partial charge in [-0.1, -0.05) is 117 Å². The highest BCUT2D eigenvalue weighted by atomic mass is 32.2. The van der Waals surface area contributed by atoms with Crippen LogP contribution in [0.2, 0.25) is 0 Å². The molecule has 0 aliphatic rings. The summed E-state index contributed by atoms with van der Waals surface area (Å²) in [5.74, 6) is -0.306. The second-order valence-electron chi connectivity index (χ2n) is 10.8. The highest BCUT2D eigenvalue weighted by Gasteiger charge is 2.35. The van der Waals surface area contributed by atoms with Crippen LogP contribution < -0.4 is 0 Å². The lowest BCUT2D eigenvalue weighted by molar-refractivity contribution is -0.154. The minimum atomic E-state index is -2.26. The molecule has 8 heteroatoms. The summed E-state index contributed by atoms with van der Waals surface area (Å²) in [6, 6.07) is 0. The number of carboxylic acids is 1. The number of carbonyl (C=O) groups is 1. The molecule has 0 aliphatic heterocycles. The quantitative estimate of drug-likeness (QED) is 0.0650. The minimum absolute atomic E-state index is 0.158. The Morgan fingerprint density at radius 1 is 0.789 bits per heavy atom. The number of hydrogen-bond donors (Lipinski definition) is 2. The van der Waals surface area contributed by atoms with Gasteiger partial charge in [0.05, 0.1) is 12.7 Å². The van der Waals surface area contributed by atoms with Gasteiger partial charge in [0.2, 0.25) is 5.34 Å². The number of aliphatic hydroxyl groups is 1. The maximum atomic E-state index is 11.0. The Morgan fingerprint density at radius 3 is 1.79 bits per heavy atom. The second-order valence-corrected chi connectivity index (χ2v) is 13.4. The molecule has 228 valence electrons. The number of thioether (sulfide) groups is 1. The van der Waals surface area contributed by atoms with Crippen LogP contribution >= 0.6 is 20.2 Å². The van der Waals surface area contributed by atoms with Crippen molar-refractivity contribution < 1.29 is 29.0 Å². The summed E-state index contributed by atoms with van der Waals surface area (Å²) < 4.78 is 22.4. The highest BCUT2D eigenvalue weighted by Crippen LogP contribution is 2.26. The third-order valence-corrected chi connectivity index (χ3v) is 9.52. The normalized spacial score (nSPS) is 15.2. The van der Waals surface area contributed by atoms with Crippen LogP contribution in [-0.4, -0.2) is 58.5 Å². The maximum Gasteiger partial charge on any atom is 0.345 e. The summed E-state index contributed by atoms with van der Waals surface area (Å²) in [6.07, 6.45) is 24.8. The van der Waals surface area contributed by atoms with Gasteiger partial charge in [-0.05, 0) is 31.9 Å². The first-order valence-corrected chi connectivity index (χ1v) is 17.7. The van der Waals surface area contributed by atoms with Crippen molar-refractivity contribution in [2.45, 2.75) is 159 Å². The smallest absolute Gasteiger partial charge is 0.345 e. The molecule has 0 fully saturated rings. The van der Waals surface area contributed by atoms with Crippen molar-refractivity contribution in [3.05, 3.63) is 0 Å². The summed E-state index contributed by atoms with van der Waals surface area (Å²) >= 11 is 2.07. The van der Waals surface area contributed by atoms with Gasteiger partial charge in [-0.15, -0.1) is 0 Å². The Bertz CT molecular complexity index is 553. The fraction of sp³-hybridized carbons (Fsp3) is 0.967. The first-order valence-electron chi connectivity index (χ1n) is 15.6. The Labute approximate surface area is 240 Å². The fourth-order valence-electron chi connectivity index (χ4n) is 4.49. The third-order valence-electron chi connectivity index (χ3n) is 7.15. The average molecular weight is 581 g/mol. The maximum absolute atomic E-state index is 11.0. The van der Waals surface area contributed by atoms with Gasteiger partial charge in [-0.3, -0.25) is 0 Å².